The number of alkyl halides is 2. The Balaban J connectivity index is 2.33. The lowest BCUT2D eigenvalue weighted by molar-refractivity contribution is 0.138. The van der Waals surface area contributed by atoms with Gasteiger partial charge in [-0.15, -0.1) is 23.2 Å². The molecule has 0 aliphatic carbocycles. The highest BCUT2D eigenvalue weighted by molar-refractivity contribution is 6.18. The summed E-state index contributed by atoms with van der Waals surface area (Å²) in [6, 6.07) is 3.73. The van der Waals surface area contributed by atoms with E-state index in [0.717, 1.165) is 11.3 Å². The van der Waals surface area contributed by atoms with E-state index in [1.807, 2.05) is 24.0 Å². The lowest BCUT2D eigenvalue weighted by atomic mass is 10.1. The van der Waals surface area contributed by atoms with Crippen LogP contribution < -0.4 is 16.1 Å². The minimum atomic E-state index is -0.782. The number of hydrogen-bond acceptors (Lipinski definition) is 7. The monoisotopic (exact) mass is 455 g/mol. The fourth-order valence-electron chi connectivity index (χ4n) is 3.45. The van der Waals surface area contributed by atoms with Crippen LogP contribution in [0.5, 0.6) is 0 Å². The number of aryl methyl sites for hydroxylation is 1. The average molecular weight is 456 g/mol. The Morgan fingerprint density at radius 1 is 1.13 bits per heavy atom. The first-order valence-electron chi connectivity index (χ1n) is 9.47. The predicted molar refractivity (Wildman–Crippen MR) is 117 cm³/mol. The molecule has 0 saturated carbocycles. The van der Waals surface area contributed by atoms with Crippen LogP contribution in [0.1, 0.15) is 5.56 Å². The quantitative estimate of drug-likeness (QED) is 0.321. The third-order valence-electron chi connectivity index (χ3n) is 4.93. The molecule has 0 amide bonds. The van der Waals surface area contributed by atoms with Gasteiger partial charge in [0.2, 0.25) is 0 Å². The normalized spacial score (nSPS) is 11.7. The zero-order valence-corrected chi connectivity index (χ0v) is 17.9. The van der Waals surface area contributed by atoms with E-state index in [-0.39, 0.29) is 31.3 Å². The van der Waals surface area contributed by atoms with Gasteiger partial charge < -0.3 is 19.7 Å². The number of aliphatic hydroxyl groups excluding tert-OH is 2. The van der Waals surface area contributed by atoms with Gasteiger partial charge in [-0.3, -0.25) is 9.78 Å². The summed E-state index contributed by atoms with van der Waals surface area (Å²) < 4.78 is 1.65. The first kappa shape index (κ1) is 22.5. The number of anilines is 1. The second-order valence-electron chi connectivity index (χ2n) is 6.99. The summed E-state index contributed by atoms with van der Waals surface area (Å²) in [6.07, 6.45) is 0. The lowest BCUT2D eigenvalue weighted by Gasteiger charge is -2.26. The number of fused-ring (bicyclic) bond motifs is 2. The Kier molecular flexibility index (Phi) is 7.30. The van der Waals surface area contributed by atoms with E-state index in [0.29, 0.717) is 35.9 Å². The second kappa shape index (κ2) is 9.74. The molecule has 30 heavy (non-hydrogen) atoms. The maximum absolute atomic E-state index is 12.4. The number of hydrogen-bond donors (Lipinski definition) is 3. The molecule has 11 heteroatoms. The number of rotatable bonds is 9. The molecule has 0 unspecified atom stereocenters. The van der Waals surface area contributed by atoms with Crippen LogP contribution in [-0.2, 0) is 6.54 Å². The maximum atomic E-state index is 12.4. The Labute approximate surface area is 182 Å². The van der Waals surface area contributed by atoms with Crippen LogP contribution in [0.3, 0.4) is 0 Å². The van der Waals surface area contributed by atoms with Crippen LogP contribution in [-0.4, -0.2) is 67.8 Å². The van der Waals surface area contributed by atoms with Crippen LogP contribution >= 0.6 is 23.2 Å². The van der Waals surface area contributed by atoms with Gasteiger partial charge in [-0.1, -0.05) is 0 Å². The van der Waals surface area contributed by atoms with Crippen LogP contribution in [0.4, 0.5) is 5.69 Å². The summed E-state index contributed by atoms with van der Waals surface area (Å²) in [4.78, 5) is 36.8. The van der Waals surface area contributed by atoms with Crippen molar-refractivity contribution in [1.82, 2.24) is 19.5 Å². The molecule has 2 heterocycles. The van der Waals surface area contributed by atoms with Gasteiger partial charge in [0.05, 0.1) is 11.0 Å². The first-order chi connectivity index (χ1) is 14.4. The van der Waals surface area contributed by atoms with E-state index in [4.69, 9.17) is 23.2 Å². The molecule has 0 atom stereocenters. The van der Waals surface area contributed by atoms with E-state index < -0.39 is 17.2 Å². The van der Waals surface area contributed by atoms with Gasteiger partial charge in [-0.05, 0) is 24.6 Å². The molecule has 0 fully saturated rings. The van der Waals surface area contributed by atoms with E-state index in [9.17, 15) is 19.8 Å². The largest absolute Gasteiger partial charge is 0.396 e. The van der Waals surface area contributed by atoms with Crippen LogP contribution in [0.25, 0.3) is 22.6 Å². The van der Waals surface area contributed by atoms with Crippen LogP contribution in [0, 0.1) is 12.8 Å². The van der Waals surface area contributed by atoms with Gasteiger partial charge in [0.25, 0.3) is 5.56 Å². The third-order valence-corrected chi connectivity index (χ3v) is 5.27. The van der Waals surface area contributed by atoms with Gasteiger partial charge in [0.1, 0.15) is 0 Å². The van der Waals surface area contributed by atoms with Gasteiger partial charge in [-0.25, -0.2) is 9.78 Å². The second-order valence-corrected chi connectivity index (χ2v) is 7.75. The van der Waals surface area contributed by atoms with Crippen molar-refractivity contribution in [2.45, 2.75) is 13.5 Å². The van der Waals surface area contributed by atoms with Crippen molar-refractivity contribution in [3.05, 3.63) is 38.5 Å². The highest BCUT2D eigenvalue weighted by atomic mass is 35.5. The van der Waals surface area contributed by atoms with E-state index in [1.165, 1.54) is 0 Å². The number of nitrogens with zero attached hydrogens (tertiary/aromatic N) is 4. The van der Waals surface area contributed by atoms with E-state index >= 15 is 0 Å². The van der Waals surface area contributed by atoms with Crippen molar-refractivity contribution in [3.8, 4) is 11.5 Å². The van der Waals surface area contributed by atoms with Crippen molar-refractivity contribution >= 4 is 39.9 Å². The maximum Gasteiger partial charge on any atom is 0.349 e. The molecule has 2 aliphatic rings. The number of benzene rings is 1. The summed E-state index contributed by atoms with van der Waals surface area (Å²) in [5.41, 5.74) is 1.52. The van der Waals surface area contributed by atoms with Crippen molar-refractivity contribution in [1.29, 1.82) is 0 Å². The van der Waals surface area contributed by atoms with Crippen molar-refractivity contribution in [2.24, 2.45) is 5.92 Å². The summed E-state index contributed by atoms with van der Waals surface area (Å²) in [6.45, 7) is 2.74. The Morgan fingerprint density at radius 2 is 1.80 bits per heavy atom. The minimum Gasteiger partial charge on any atom is -0.396 e. The molecule has 1 aromatic rings. The smallest absolute Gasteiger partial charge is 0.349 e. The highest BCUT2D eigenvalue weighted by Gasteiger charge is 2.22. The molecule has 3 N–H and O–H groups in total. The highest BCUT2D eigenvalue weighted by Crippen LogP contribution is 2.29. The molecule has 0 bridgehead atoms. The number of aromatic nitrogens is 4. The fraction of sp³-hybridized carbons (Fsp3) is 0.474. The molecule has 0 radical (unpaired) electrons. The molecule has 162 valence electrons. The lowest BCUT2D eigenvalue weighted by Crippen LogP contribution is -2.31. The van der Waals surface area contributed by atoms with Crippen molar-refractivity contribution in [3.63, 3.8) is 0 Å². The molecular formula is C19H23Cl2N5O4. The molecule has 1 aromatic carbocycles. The van der Waals surface area contributed by atoms with Gasteiger partial charge in [0.15, 0.2) is 11.5 Å². The topological polar surface area (TPSA) is 124 Å². The standard InChI is InChI=1S/C19H23Cl2N5O4/c1-11-6-15-13(7-14(11)25(4-2-20)5-3-21)22-16-17(23-19(30)24-18(16)29)26(15)8-12(9-27)10-28/h6-7,12,27-28H,2-5,8-10H2,1H3,(H,24,29,30). The Hall–Kier alpha value is -2.20. The predicted octanol–water partition coefficient (Wildman–Crippen LogP) is 0.778. The van der Waals surface area contributed by atoms with Gasteiger partial charge in [-0.2, -0.15) is 4.98 Å². The van der Waals surface area contributed by atoms with E-state index in [1.54, 1.807) is 4.57 Å². The molecule has 9 nitrogen and oxygen atoms in total. The Morgan fingerprint density at radius 3 is 2.40 bits per heavy atom. The van der Waals surface area contributed by atoms with Gasteiger partial charge in [0, 0.05) is 56.2 Å². The van der Waals surface area contributed by atoms with Crippen LogP contribution in [0.2, 0.25) is 0 Å². The molecule has 2 aliphatic heterocycles. The summed E-state index contributed by atoms with van der Waals surface area (Å²) in [7, 11) is 0. The molecular weight excluding hydrogens is 433 g/mol. The number of aliphatic hydroxyl groups is 2. The van der Waals surface area contributed by atoms with Crippen molar-refractivity contribution < 1.29 is 10.2 Å². The number of nitrogens with one attached hydrogen (secondary N) is 1. The van der Waals surface area contributed by atoms with E-state index in [2.05, 4.69) is 15.0 Å². The molecule has 0 spiro atoms. The summed E-state index contributed by atoms with van der Waals surface area (Å²) in [5, 5.41) is 19.1. The first-order valence-corrected chi connectivity index (χ1v) is 10.5. The average Bonchev–Trinajstić information content (AvgIpc) is 2.71. The third kappa shape index (κ3) is 4.44. The SMILES string of the molecule is Cc1cc2c(cc1N(CCCl)CCCl)nc1c(=O)[nH]c(=O)nc-1n2CC(CO)CO. The number of aromatic amines is 1. The summed E-state index contributed by atoms with van der Waals surface area (Å²) >= 11 is 11.9. The minimum absolute atomic E-state index is 0.00719. The number of halogens is 2. The summed E-state index contributed by atoms with van der Waals surface area (Å²) in [5.74, 6) is 0.450. The molecule has 0 aromatic heterocycles. The molecule has 0 saturated heterocycles. The zero-order valence-electron chi connectivity index (χ0n) is 16.4. The van der Waals surface area contributed by atoms with Crippen molar-refractivity contribution in [2.75, 3.05) is 43.0 Å². The van der Waals surface area contributed by atoms with Crippen LogP contribution in [0.15, 0.2) is 21.7 Å². The zero-order chi connectivity index (χ0) is 21.8. The fourth-order valence-corrected chi connectivity index (χ4v) is 3.86. The molecule has 3 rings (SSSR count). The number of H-pyrrole nitrogens is 1. The van der Waals surface area contributed by atoms with Gasteiger partial charge >= 0.3 is 5.69 Å². The Bertz CT molecular complexity index is 1110.